The van der Waals surface area contributed by atoms with Gasteiger partial charge in [-0.1, -0.05) is 13.8 Å². The zero-order valence-corrected chi connectivity index (χ0v) is 8.09. The number of rotatable bonds is 2. The number of hydrogen-bond donors (Lipinski definition) is 0. The number of aliphatic imine (C=N–C) groups is 2. The molecule has 0 saturated heterocycles. The normalized spacial score (nSPS) is 17.8. The van der Waals surface area contributed by atoms with Gasteiger partial charge in [0.15, 0.2) is 0 Å². The molecule has 0 radical (unpaired) electrons. The molecule has 0 atom stereocenters. The van der Waals surface area contributed by atoms with Crippen LogP contribution < -0.4 is 0 Å². The van der Waals surface area contributed by atoms with Crippen LogP contribution in [0.4, 0.5) is 0 Å². The summed E-state index contributed by atoms with van der Waals surface area (Å²) < 4.78 is 0. The van der Waals surface area contributed by atoms with Crippen molar-refractivity contribution in [3.05, 3.63) is 11.8 Å². The van der Waals surface area contributed by atoms with Crippen molar-refractivity contribution in [3.8, 4) is 0 Å². The van der Waals surface area contributed by atoms with Gasteiger partial charge in [0.25, 0.3) is 0 Å². The fourth-order valence-electron chi connectivity index (χ4n) is 1.25. The first-order valence-corrected chi connectivity index (χ1v) is 4.54. The molecule has 2 heteroatoms. The molecule has 0 fully saturated rings. The highest BCUT2D eigenvalue weighted by Gasteiger charge is 2.05. The van der Waals surface area contributed by atoms with Gasteiger partial charge in [0.1, 0.15) is 0 Å². The summed E-state index contributed by atoms with van der Waals surface area (Å²) in [6.07, 6.45) is 4.01. The molecule has 1 aliphatic heterocycles. The average molecular weight is 164 g/mol. The van der Waals surface area contributed by atoms with E-state index in [-0.39, 0.29) is 0 Å². The molecule has 0 bridgehead atoms. The van der Waals surface area contributed by atoms with Crippen LogP contribution in [0.2, 0.25) is 0 Å². The second kappa shape index (κ2) is 4.19. The van der Waals surface area contributed by atoms with E-state index in [1.54, 1.807) is 0 Å². The molecule has 2 nitrogen and oxygen atoms in total. The summed E-state index contributed by atoms with van der Waals surface area (Å²) in [6, 6.07) is 0. The van der Waals surface area contributed by atoms with E-state index in [4.69, 9.17) is 0 Å². The predicted molar refractivity (Wildman–Crippen MR) is 54.1 cm³/mol. The van der Waals surface area contributed by atoms with Gasteiger partial charge in [-0.2, -0.15) is 0 Å². The minimum atomic E-state index is 0.767. The molecule has 0 amide bonds. The second-order valence-electron chi connectivity index (χ2n) is 2.99. The SMILES string of the molecule is CCC1=CN=C(C)CN=C1CC. The summed E-state index contributed by atoms with van der Waals surface area (Å²) in [6.45, 7) is 7.07. The first-order chi connectivity index (χ1) is 5.77. The number of allylic oxidation sites excluding steroid dienone is 1. The fourth-order valence-corrected chi connectivity index (χ4v) is 1.25. The maximum Gasteiger partial charge on any atom is 0.0772 e. The molecule has 1 heterocycles. The van der Waals surface area contributed by atoms with Crippen LogP contribution in [0.15, 0.2) is 21.8 Å². The molecule has 0 unspecified atom stereocenters. The molecule has 0 saturated carbocycles. The summed E-state index contributed by atoms with van der Waals surface area (Å²) in [5.41, 5.74) is 3.61. The first-order valence-electron chi connectivity index (χ1n) is 4.54. The molecule has 0 aromatic carbocycles. The Morgan fingerprint density at radius 3 is 2.67 bits per heavy atom. The van der Waals surface area contributed by atoms with Crippen molar-refractivity contribution in [2.75, 3.05) is 6.54 Å². The molecule has 66 valence electrons. The van der Waals surface area contributed by atoms with E-state index in [2.05, 4.69) is 23.8 Å². The average Bonchev–Trinajstić information content (AvgIpc) is 2.27. The van der Waals surface area contributed by atoms with Crippen LogP contribution in [0.25, 0.3) is 0 Å². The molecular formula is C10H16N2. The molecule has 0 spiro atoms. The van der Waals surface area contributed by atoms with Crippen molar-refractivity contribution >= 4 is 11.4 Å². The summed E-state index contributed by atoms with van der Waals surface area (Å²) in [4.78, 5) is 8.81. The van der Waals surface area contributed by atoms with Gasteiger partial charge >= 0.3 is 0 Å². The minimum Gasteiger partial charge on any atom is -0.283 e. The molecule has 1 aliphatic rings. The minimum absolute atomic E-state index is 0.767. The Hall–Kier alpha value is -0.920. The van der Waals surface area contributed by atoms with E-state index >= 15 is 0 Å². The Morgan fingerprint density at radius 1 is 1.33 bits per heavy atom. The lowest BCUT2D eigenvalue weighted by Gasteiger charge is -2.02. The lowest BCUT2D eigenvalue weighted by atomic mass is 10.1. The van der Waals surface area contributed by atoms with E-state index in [9.17, 15) is 0 Å². The molecule has 0 aromatic rings. The Bertz CT molecular complexity index is 247. The van der Waals surface area contributed by atoms with Gasteiger partial charge in [-0.05, 0) is 25.3 Å². The van der Waals surface area contributed by atoms with Gasteiger partial charge in [-0.25, -0.2) is 0 Å². The zero-order chi connectivity index (χ0) is 8.97. The van der Waals surface area contributed by atoms with Gasteiger partial charge in [-0.15, -0.1) is 0 Å². The Balaban J connectivity index is 2.89. The second-order valence-corrected chi connectivity index (χ2v) is 2.99. The van der Waals surface area contributed by atoms with Crippen molar-refractivity contribution in [1.29, 1.82) is 0 Å². The van der Waals surface area contributed by atoms with E-state index < -0.39 is 0 Å². The van der Waals surface area contributed by atoms with Gasteiger partial charge in [0.2, 0.25) is 0 Å². The summed E-state index contributed by atoms with van der Waals surface area (Å²) >= 11 is 0. The van der Waals surface area contributed by atoms with Crippen LogP contribution in [-0.2, 0) is 0 Å². The third-order valence-electron chi connectivity index (χ3n) is 2.03. The molecule has 12 heavy (non-hydrogen) atoms. The largest absolute Gasteiger partial charge is 0.283 e. The molecular weight excluding hydrogens is 148 g/mol. The van der Waals surface area contributed by atoms with Crippen LogP contribution in [0.5, 0.6) is 0 Å². The van der Waals surface area contributed by atoms with Crippen LogP contribution >= 0.6 is 0 Å². The maximum absolute atomic E-state index is 4.49. The van der Waals surface area contributed by atoms with Gasteiger partial charge in [-0.3, -0.25) is 9.98 Å². The third kappa shape index (κ3) is 2.03. The molecule has 0 aromatic heterocycles. The van der Waals surface area contributed by atoms with E-state index in [0.29, 0.717) is 0 Å². The molecule has 1 rings (SSSR count). The number of hydrogen-bond acceptors (Lipinski definition) is 2. The van der Waals surface area contributed by atoms with Crippen LogP contribution in [-0.4, -0.2) is 18.0 Å². The van der Waals surface area contributed by atoms with Gasteiger partial charge < -0.3 is 0 Å². The van der Waals surface area contributed by atoms with Crippen molar-refractivity contribution in [1.82, 2.24) is 0 Å². The Kier molecular flexibility index (Phi) is 3.20. The van der Waals surface area contributed by atoms with E-state index in [1.807, 2.05) is 13.1 Å². The third-order valence-corrected chi connectivity index (χ3v) is 2.03. The highest BCUT2D eigenvalue weighted by atomic mass is 14.8. The fraction of sp³-hybridized carbons (Fsp3) is 0.600. The van der Waals surface area contributed by atoms with Crippen LogP contribution in [0.1, 0.15) is 33.6 Å². The summed E-state index contributed by atoms with van der Waals surface area (Å²) in [5.74, 6) is 0. The molecule has 0 N–H and O–H groups in total. The van der Waals surface area contributed by atoms with Crippen molar-refractivity contribution in [2.24, 2.45) is 9.98 Å². The van der Waals surface area contributed by atoms with Gasteiger partial charge in [0, 0.05) is 17.6 Å². The lowest BCUT2D eigenvalue weighted by Crippen LogP contribution is -2.02. The van der Waals surface area contributed by atoms with Crippen molar-refractivity contribution in [3.63, 3.8) is 0 Å². The summed E-state index contributed by atoms with van der Waals surface area (Å²) in [5, 5.41) is 0. The Morgan fingerprint density at radius 2 is 2.08 bits per heavy atom. The van der Waals surface area contributed by atoms with Crippen LogP contribution in [0.3, 0.4) is 0 Å². The maximum atomic E-state index is 4.49. The topological polar surface area (TPSA) is 24.7 Å². The van der Waals surface area contributed by atoms with Crippen LogP contribution in [0, 0.1) is 0 Å². The molecule has 0 aliphatic carbocycles. The monoisotopic (exact) mass is 164 g/mol. The van der Waals surface area contributed by atoms with Crippen molar-refractivity contribution < 1.29 is 0 Å². The highest BCUT2D eigenvalue weighted by Crippen LogP contribution is 2.10. The number of nitrogens with zero attached hydrogens (tertiary/aromatic N) is 2. The highest BCUT2D eigenvalue weighted by molar-refractivity contribution is 6.02. The van der Waals surface area contributed by atoms with Gasteiger partial charge in [0.05, 0.1) is 6.54 Å². The van der Waals surface area contributed by atoms with E-state index in [0.717, 1.165) is 25.1 Å². The first kappa shape index (κ1) is 9.17. The predicted octanol–water partition coefficient (Wildman–Crippen LogP) is 2.61. The Labute approximate surface area is 74.1 Å². The van der Waals surface area contributed by atoms with E-state index in [1.165, 1.54) is 11.3 Å². The standard InChI is InChI=1S/C10H16N2/c1-4-9-7-11-8(3)6-12-10(9)5-2/h7H,4-6H2,1-3H3. The van der Waals surface area contributed by atoms with Crippen molar-refractivity contribution in [2.45, 2.75) is 33.6 Å². The zero-order valence-electron chi connectivity index (χ0n) is 8.09. The lowest BCUT2D eigenvalue weighted by molar-refractivity contribution is 1.11. The smallest absolute Gasteiger partial charge is 0.0772 e. The summed E-state index contributed by atoms with van der Waals surface area (Å²) in [7, 11) is 0. The quantitative estimate of drug-likeness (QED) is 0.599.